The fourth-order valence-electron chi connectivity index (χ4n) is 1.55. The van der Waals surface area contributed by atoms with E-state index in [2.05, 4.69) is 9.98 Å². The molecule has 17 heavy (non-hydrogen) atoms. The van der Waals surface area contributed by atoms with Gasteiger partial charge in [-0.3, -0.25) is 4.98 Å². The molecular weight excluding hydrogens is 223 g/mol. The molecule has 0 aromatic carbocycles. The normalized spacial score (nSPS) is 17.2. The van der Waals surface area contributed by atoms with Gasteiger partial charge in [0.2, 0.25) is 0 Å². The van der Waals surface area contributed by atoms with Gasteiger partial charge in [0.1, 0.15) is 5.82 Å². The average molecular weight is 238 g/mol. The highest BCUT2D eigenvalue weighted by Crippen LogP contribution is 2.01. The Morgan fingerprint density at radius 3 is 2.88 bits per heavy atom. The van der Waals surface area contributed by atoms with Gasteiger partial charge in [-0.25, -0.2) is 9.38 Å². The second-order valence-corrected chi connectivity index (χ2v) is 3.74. The summed E-state index contributed by atoms with van der Waals surface area (Å²) in [6, 6.07) is 2.97. The molecule has 1 aromatic heterocycles. The van der Waals surface area contributed by atoms with E-state index in [1.807, 2.05) is 4.90 Å². The molecule has 2 heterocycles. The Bertz CT molecular complexity index is 387. The minimum absolute atomic E-state index is 0.348. The van der Waals surface area contributed by atoms with Crippen LogP contribution in [0.1, 0.15) is 5.69 Å². The molecule has 0 saturated carbocycles. The van der Waals surface area contributed by atoms with E-state index in [1.54, 1.807) is 6.07 Å². The Morgan fingerprint density at radius 2 is 2.24 bits per heavy atom. The van der Waals surface area contributed by atoms with Crippen LogP contribution >= 0.6 is 0 Å². The number of hydrogen-bond acceptors (Lipinski definition) is 3. The van der Waals surface area contributed by atoms with Crippen molar-refractivity contribution in [2.75, 3.05) is 26.3 Å². The maximum atomic E-state index is 12.6. The first-order valence-corrected chi connectivity index (χ1v) is 5.49. The van der Waals surface area contributed by atoms with E-state index >= 15 is 0 Å². The highest BCUT2D eigenvalue weighted by molar-refractivity contribution is 5.78. The maximum Gasteiger partial charge on any atom is 0.191 e. The van der Waals surface area contributed by atoms with Crippen LogP contribution in [-0.4, -0.2) is 42.1 Å². The number of halogens is 1. The molecule has 1 fully saturated rings. The van der Waals surface area contributed by atoms with Crippen LogP contribution in [0.3, 0.4) is 0 Å². The van der Waals surface area contributed by atoms with E-state index in [0.717, 1.165) is 13.1 Å². The van der Waals surface area contributed by atoms with Gasteiger partial charge in [-0.05, 0) is 12.1 Å². The molecule has 2 rings (SSSR count). The highest BCUT2D eigenvalue weighted by Gasteiger charge is 2.11. The summed E-state index contributed by atoms with van der Waals surface area (Å²) in [5.41, 5.74) is 6.54. The zero-order valence-electron chi connectivity index (χ0n) is 9.47. The first-order valence-electron chi connectivity index (χ1n) is 5.49. The molecule has 1 aromatic rings. The molecule has 6 heteroatoms. The van der Waals surface area contributed by atoms with E-state index < -0.39 is 0 Å². The van der Waals surface area contributed by atoms with E-state index in [1.165, 1.54) is 12.3 Å². The van der Waals surface area contributed by atoms with Crippen molar-refractivity contribution in [1.82, 2.24) is 9.88 Å². The summed E-state index contributed by atoms with van der Waals surface area (Å²) in [6.07, 6.45) is 1.18. The summed E-state index contributed by atoms with van der Waals surface area (Å²) in [6.45, 7) is 3.22. The molecule has 0 bridgehead atoms. The summed E-state index contributed by atoms with van der Waals surface area (Å²) in [4.78, 5) is 10.1. The van der Waals surface area contributed by atoms with Crippen LogP contribution in [0.2, 0.25) is 0 Å². The van der Waals surface area contributed by atoms with Crippen molar-refractivity contribution in [1.29, 1.82) is 0 Å². The Morgan fingerprint density at radius 1 is 1.47 bits per heavy atom. The maximum absolute atomic E-state index is 12.6. The van der Waals surface area contributed by atoms with Gasteiger partial charge in [-0.2, -0.15) is 0 Å². The number of rotatable bonds is 2. The smallest absolute Gasteiger partial charge is 0.191 e. The number of morpholine rings is 1. The molecule has 0 amide bonds. The lowest BCUT2D eigenvalue weighted by molar-refractivity contribution is 0.0674. The summed E-state index contributed by atoms with van der Waals surface area (Å²) >= 11 is 0. The Labute approximate surface area is 99.1 Å². The molecule has 0 spiro atoms. The number of aromatic nitrogens is 1. The summed E-state index contributed by atoms with van der Waals surface area (Å²) in [5.74, 6) is 0.137. The van der Waals surface area contributed by atoms with Crippen LogP contribution in [-0.2, 0) is 11.3 Å². The van der Waals surface area contributed by atoms with Crippen LogP contribution < -0.4 is 5.73 Å². The predicted molar refractivity (Wildman–Crippen MR) is 61.9 cm³/mol. The number of hydrogen-bond donors (Lipinski definition) is 1. The lowest BCUT2D eigenvalue weighted by atomic mass is 10.3. The SMILES string of the molecule is NC(=NCc1ccc(F)cn1)N1CCOCC1. The number of ether oxygens (including phenoxy) is 1. The van der Waals surface area contributed by atoms with Gasteiger partial charge in [0.15, 0.2) is 5.96 Å². The molecule has 1 saturated heterocycles. The standard InChI is InChI=1S/C11H15FN4O/c12-9-1-2-10(14-7-9)8-15-11(13)16-3-5-17-6-4-16/h1-2,7H,3-6,8H2,(H2,13,15). The molecule has 0 aliphatic carbocycles. The second kappa shape index (κ2) is 5.58. The molecule has 5 nitrogen and oxygen atoms in total. The fourth-order valence-corrected chi connectivity index (χ4v) is 1.55. The molecule has 1 aliphatic rings. The lowest BCUT2D eigenvalue weighted by Crippen LogP contribution is -2.44. The van der Waals surface area contributed by atoms with Gasteiger partial charge in [0.05, 0.1) is 31.6 Å². The van der Waals surface area contributed by atoms with Crippen molar-refractivity contribution in [3.63, 3.8) is 0 Å². The fraction of sp³-hybridized carbons (Fsp3) is 0.455. The minimum atomic E-state index is -0.348. The number of nitrogens with zero attached hydrogens (tertiary/aromatic N) is 3. The van der Waals surface area contributed by atoms with Crippen molar-refractivity contribution in [3.8, 4) is 0 Å². The van der Waals surface area contributed by atoms with Crippen LogP contribution in [0, 0.1) is 5.82 Å². The molecule has 0 atom stereocenters. The second-order valence-electron chi connectivity index (χ2n) is 3.74. The van der Waals surface area contributed by atoms with Gasteiger partial charge >= 0.3 is 0 Å². The summed E-state index contributed by atoms with van der Waals surface area (Å²) < 4.78 is 17.9. The number of guanidine groups is 1. The highest BCUT2D eigenvalue weighted by atomic mass is 19.1. The van der Waals surface area contributed by atoms with Crippen LogP contribution in [0.5, 0.6) is 0 Å². The van der Waals surface area contributed by atoms with E-state index in [4.69, 9.17) is 10.5 Å². The largest absolute Gasteiger partial charge is 0.378 e. The van der Waals surface area contributed by atoms with Gasteiger partial charge < -0.3 is 15.4 Å². The van der Waals surface area contributed by atoms with E-state index in [-0.39, 0.29) is 5.82 Å². The monoisotopic (exact) mass is 238 g/mol. The van der Waals surface area contributed by atoms with Crippen LogP contribution in [0.15, 0.2) is 23.3 Å². The number of aliphatic imine (C=N–C) groups is 1. The van der Waals surface area contributed by atoms with Crippen LogP contribution in [0.25, 0.3) is 0 Å². The zero-order chi connectivity index (χ0) is 12.1. The summed E-state index contributed by atoms with van der Waals surface area (Å²) in [5, 5.41) is 0. The number of pyridine rings is 1. The molecule has 0 unspecified atom stereocenters. The van der Waals surface area contributed by atoms with Gasteiger partial charge in [0, 0.05) is 13.1 Å². The third-order valence-electron chi connectivity index (χ3n) is 2.53. The third kappa shape index (κ3) is 3.39. The third-order valence-corrected chi connectivity index (χ3v) is 2.53. The topological polar surface area (TPSA) is 63.7 Å². The predicted octanol–water partition coefficient (Wildman–Crippen LogP) is 0.368. The molecule has 0 radical (unpaired) electrons. The Kier molecular flexibility index (Phi) is 3.87. The van der Waals surface area contributed by atoms with Crippen molar-refractivity contribution < 1.29 is 9.13 Å². The Hall–Kier alpha value is -1.69. The molecule has 92 valence electrons. The summed E-state index contributed by atoms with van der Waals surface area (Å²) in [7, 11) is 0. The number of nitrogens with two attached hydrogens (primary N) is 1. The van der Waals surface area contributed by atoms with Gasteiger partial charge in [0.25, 0.3) is 0 Å². The van der Waals surface area contributed by atoms with Crippen LogP contribution in [0.4, 0.5) is 4.39 Å². The first-order chi connectivity index (χ1) is 8.25. The molecule has 2 N–H and O–H groups in total. The van der Waals surface area contributed by atoms with Gasteiger partial charge in [-0.15, -0.1) is 0 Å². The zero-order valence-corrected chi connectivity index (χ0v) is 9.47. The van der Waals surface area contributed by atoms with Gasteiger partial charge in [-0.1, -0.05) is 0 Å². The first kappa shape index (κ1) is 11.8. The van der Waals surface area contributed by atoms with Crippen molar-refractivity contribution in [3.05, 3.63) is 29.8 Å². The lowest BCUT2D eigenvalue weighted by Gasteiger charge is -2.27. The average Bonchev–Trinajstić information content (AvgIpc) is 2.39. The molecule has 1 aliphatic heterocycles. The van der Waals surface area contributed by atoms with Crippen molar-refractivity contribution in [2.45, 2.75) is 6.54 Å². The van der Waals surface area contributed by atoms with E-state index in [0.29, 0.717) is 31.4 Å². The van der Waals surface area contributed by atoms with Crippen molar-refractivity contribution >= 4 is 5.96 Å². The quantitative estimate of drug-likeness (QED) is 0.597. The van der Waals surface area contributed by atoms with Crippen molar-refractivity contribution in [2.24, 2.45) is 10.7 Å². The Balaban J connectivity index is 1.92. The minimum Gasteiger partial charge on any atom is -0.378 e. The van der Waals surface area contributed by atoms with E-state index in [9.17, 15) is 4.39 Å². The molecular formula is C11H15FN4O.